The Morgan fingerprint density at radius 3 is 2.71 bits per heavy atom. The summed E-state index contributed by atoms with van der Waals surface area (Å²) in [5.74, 6) is -0.814. The zero-order chi connectivity index (χ0) is 12.8. The summed E-state index contributed by atoms with van der Waals surface area (Å²) in [6.45, 7) is 1.77. The Balaban J connectivity index is 3.09. The van der Waals surface area contributed by atoms with Crippen molar-refractivity contribution in [2.24, 2.45) is 5.73 Å². The van der Waals surface area contributed by atoms with E-state index in [1.807, 2.05) is 0 Å². The number of nitrogens with zero attached hydrogens (tertiary/aromatic N) is 1. The summed E-state index contributed by atoms with van der Waals surface area (Å²) in [6, 6.07) is 1.43. The fraction of sp³-hybridized carbons (Fsp3) is 0.300. The second kappa shape index (κ2) is 5.69. The number of hydrogen-bond donors (Lipinski definition) is 1. The summed E-state index contributed by atoms with van der Waals surface area (Å²) in [6.07, 6.45) is 0.359. The van der Waals surface area contributed by atoms with E-state index < -0.39 is 12.1 Å². The summed E-state index contributed by atoms with van der Waals surface area (Å²) in [4.78, 5) is 26.0. The van der Waals surface area contributed by atoms with Crippen molar-refractivity contribution in [3.05, 3.63) is 18.0 Å². The molecule has 1 aromatic heterocycles. The molecule has 2 N–H and O–H groups in total. The van der Waals surface area contributed by atoms with E-state index in [-0.39, 0.29) is 23.8 Å². The minimum atomic E-state index is -0.957. The SMILES string of the molecule is CCOC(=O)Oc1c(OC)ccnc1C(N)=O. The zero-order valence-electron chi connectivity index (χ0n) is 9.43. The van der Waals surface area contributed by atoms with Crippen LogP contribution in [0.1, 0.15) is 17.4 Å². The molecule has 0 aliphatic rings. The maximum Gasteiger partial charge on any atom is 0.514 e. The molecule has 0 fully saturated rings. The number of hydrogen-bond acceptors (Lipinski definition) is 6. The fourth-order valence-corrected chi connectivity index (χ4v) is 1.10. The van der Waals surface area contributed by atoms with Gasteiger partial charge in [0.05, 0.1) is 13.7 Å². The highest BCUT2D eigenvalue weighted by Crippen LogP contribution is 2.29. The number of nitrogens with two attached hydrogens (primary N) is 1. The molecular formula is C10H12N2O5. The number of methoxy groups -OCH3 is 1. The van der Waals surface area contributed by atoms with Crippen LogP contribution in [-0.4, -0.2) is 30.8 Å². The van der Waals surface area contributed by atoms with Crippen LogP contribution in [0.15, 0.2) is 12.3 Å². The van der Waals surface area contributed by atoms with Gasteiger partial charge in [-0.1, -0.05) is 0 Å². The molecule has 92 valence electrons. The first-order chi connectivity index (χ1) is 8.10. The summed E-state index contributed by atoms with van der Waals surface area (Å²) in [7, 11) is 1.36. The third-order valence-corrected chi connectivity index (χ3v) is 1.77. The fourth-order valence-electron chi connectivity index (χ4n) is 1.10. The van der Waals surface area contributed by atoms with Gasteiger partial charge < -0.3 is 19.9 Å². The molecule has 0 radical (unpaired) electrons. The Morgan fingerprint density at radius 2 is 2.18 bits per heavy atom. The first-order valence-corrected chi connectivity index (χ1v) is 4.77. The van der Waals surface area contributed by atoms with E-state index in [0.717, 1.165) is 0 Å². The number of aromatic nitrogens is 1. The highest BCUT2D eigenvalue weighted by atomic mass is 16.7. The van der Waals surface area contributed by atoms with Gasteiger partial charge in [-0.05, 0) is 6.92 Å². The first kappa shape index (κ1) is 12.8. The van der Waals surface area contributed by atoms with Crippen molar-refractivity contribution in [2.75, 3.05) is 13.7 Å². The predicted molar refractivity (Wildman–Crippen MR) is 57.0 cm³/mol. The minimum absolute atomic E-state index is 0.146. The number of pyridine rings is 1. The standard InChI is InChI=1S/C10H12N2O5/c1-3-16-10(14)17-8-6(15-2)4-5-12-7(8)9(11)13/h4-5H,3H2,1-2H3,(H2,11,13). The number of amides is 1. The average Bonchev–Trinajstić information content (AvgIpc) is 2.29. The van der Waals surface area contributed by atoms with Crippen LogP contribution < -0.4 is 15.2 Å². The summed E-state index contributed by atoms with van der Waals surface area (Å²) in [5, 5.41) is 0. The lowest BCUT2D eigenvalue weighted by Crippen LogP contribution is -2.18. The molecule has 0 unspecified atom stereocenters. The highest BCUT2D eigenvalue weighted by Gasteiger charge is 2.20. The largest absolute Gasteiger partial charge is 0.514 e. The van der Waals surface area contributed by atoms with Crippen molar-refractivity contribution >= 4 is 12.1 Å². The van der Waals surface area contributed by atoms with E-state index in [4.69, 9.17) is 15.2 Å². The highest BCUT2D eigenvalue weighted by molar-refractivity contribution is 5.95. The maximum atomic E-state index is 11.2. The van der Waals surface area contributed by atoms with Crippen LogP contribution >= 0.6 is 0 Å². The zero-order valence-corrected chi connectivity index (χ0v) is 9.43. The number of primary amides is 1. The van der Waals surface area contributed by atoms with Gasteiger partial charge in [0.25, 0.3) is 5.91 Å². The Morgan fingerprint density at radius 1 is 1.47 bits per heavy atom. The molecule has 0 aromatic carbocycles. The number of carbonyl (C=O) groups excluding carboxylic acids is 2. The average molecular weight is 240 g/mol. The molecule has 1 rings (SSSR count). The lowest BCUT2D eigenvalue weighted by atomic mass is 10.3. The Bertz CT molecular complexity index is 433. The minimum Gasteiger partial charge on any atom is -0.493 e. The molecule has 1 heterocycles. The monoisotopic (exact) mass is 240 g/mol. The van der Waals surface area contributed by atoms with E-state index in [1.165, 1.54) is 19.4 Å². The van der Waals surface area contributed by atoms with Gasteiger partial charge in [0, 0.05) is 12.3 Å². The molecule has 0 aliphatic carbocycles. The van der Waals surface area contributed by atoms with Crippen molar-refractivity contribution in [1.82, 2.24) is 4.98 Å². The molecule has 7 heteroatoms. The molecule has 0 bridgehead atoms. The van der Waals surface area contributed by atoms with E-state index >= 15 is 0 Å². The molecule has 1 aromatic rings. The van der Waals surface area contributed by atoms with Crippen molar-refractivity contribution in [1.29, 1.82) is 0 Å². The second-order valence-corrected chi connectivity index (χ2v) is 2.84. The van der Waals surface area contributed by atoms with Crippen molar-refractivity contribution < 1.29 is 23.8 Å². The van der Waals surface area contributed by atoms with Crippen LogP contribution in [0.25, 0.3) is 0 Å². The van der Waals surface area contributed by atoms with E-state index in [1.54, 1.807) is 6.92 Å². The van der Waals surface area contributed by atoms with E-state index in [0.29, 0.717) is 0 Å². The van der Waals surface area contributed by atoms with Gasteiger partial charge in [-0.3, -0.25) is 4.79 Å². The lowest BCUT2D eigenvalue weighted by Gasteiger charge is -2.10. The Labute approximate surface area is 97.5 Å². The normalized spacial score (nSPS) is 9.53. The molecule has 7 nitrogen and oxygen atoms in total. The van der Waals surface area contributed by atoms with Crippen LogP contribution in [0.3, 0.4) is 0 Å². The predicted octanol–water partition coefficient (Wildman–Crippen LogP) is 0.724. The van der Waals surface area contributed by atoms with Gasteiger partial charge in [0.1, 0.15) is 0 Å². The number of rotatable bonds is 4. The third-order valence-electron chi connectivity index (χ3n) is 1.77. The molecule has 0 aliphatic heterocycles. The van der Waals surface area contributed by atoms with Crippen molar-refractivity contribution in [3.63, 3.8) is 0 Å². The van der Waals surface area contributed by atoms with Gasteiger partial charge in [-0.25, -0.2) is 9.78 Å². The van der Waals surface area contributed by atoms with Gasteiger partial charge in [-0.2, -0.15) is 0 Å². The molecule has 0 spiro atoms. The lowest BCUT2D eigenvalue weighted by molar-refractivity contribution is 0.0966. The Hall–Kier alpha value is -2.31. The van der Waals surface area contributed by atoms with Gasteiger partial charge in [0.2, 0.25) is 5.75 Å². The quantitative estimate of drug-likeness (QED) is 0.778. The third kappa shape index (κ3) is 3.07. The van der Waals surface area contributed by atoms with Crippen LogP contribution in [-0.2, 0) is 4.74 Å². The molecule has 1 amide bonds. The first-order valence-electron chi connectivity index (χ1n) is 4.77. The van der Waals surface area contributed by atoms with E-state index in [9.17, 15) is 9.59 Å². The number of ether oxygens (including phenoxy) is 3. The number of carbonyl (C=O) groups is 2. The van der Waals surface area contributed by atoms with Crippen molar-refractivity contribution in [3.8, 4) is 11.5 Å². The molecule has 0 saturated heterocycles. The van der Waals surface area contributed by atoms with Gasteiger partial charge in [-0.15, -0.1) is 0 Å². The second-order valence-electron chi connectivity index (χ2n) is 2.84. The molecule has 17 heavy (non-hydrogen) atoms. The smallest absolute Gasteiger partial charge is 0.493 e. The summed E-state index contributed by atoms with van der Waals surface area (Å²) in [5.41, 5.74) is 4.90. The van der Waals surface area contributed by atoms with Gasteiger partial charge >= 0.3 is 6.16 Å². The topological polar surface area (TPSA) is 101 Å². The van der Waals surface area contributed by atoms with Crippen LogP contribution in [0, 0.1) is 0 Å². The maximum absolute atomic E-state index is 11.2. The van der Waals surface area contributed by atoms with Crippen molar-refractivity contribution in [2.45, 2.75) is 6.92 Å². The van der Waals surface area contributed by atoms with Crippen LogP contribution in [0.2, 0.25) is 0 Å². The molecule has 0 saturated carbocycles. The summed E-state index contributed by atoms with van der Waals surface area (Å²) >= 11 is 0. The summed E-state index contributed by atoms with van der Waals surface area (Å²) < 4.78 is 14.3. The van der Waals surface area contributed by atoms with Gasteiger partial charge in [0.15, 0.2) is 11.4 Å². The van der Waals surface area contributed by atoms with E-state index in [2.05, 4.69) is 9.72 Å². The Kier molecular flexibility index (Phi) is 4.27. The van der Waals surface area contributed by atoms with Crippen LogP contribution in [0.4, 0.5) is 4.79 Å². The molecular weight excluding hydrogens is 228 g/mol. The molecule has 0 atom stereocenters. The van der Waals surface area contributed by atoms with Crippen LogP contribution in [0.5, 0.6) is 11.5 Å².